The van der Waals surface area contributed by atoms with Crippen molar-refractivity contribution in [2.24, 2.45) is 11.0 Å². The number of carbonyl (C=O) groups excluding carboxylic acids is 1. The molecule has 1 fully saturated rings. The predicted molar refractivity (Wildman–Crippen MR) is 110 cm³/mol. The molecule has 1 N–H and O–H groups in total. The third-order valence-corrected chi connectivity index (χ3v) is 5.10. The van der Waals surface area contributed by atoms with Crippen LogP contribution >= 0.6 is 0 Å². The van der Waals surface area contributed by atoms with Crippen LogP contribution in [0.1, 0.15) is 30.4 Å². The maximum Gasteiger partial charge on any atom is 0.243 e. The monoisotopic (exact) mass is 354 g/mol. The van der Waals surface area contributed by atoms with Gasteiger partial charge < -0.3 is 0 Å². The highest BCUT2D eigenvalue weighted by Crippen LogP contribution is 2.47. The number of nitrogens with zero attached hydrogens (tertiary/aromatic N) is 1. The van der Waals surface area contributed by atoms with Crippen LogP contribution < -0.4 is 5.43 Å². The van der Waals surface area contributed by atoms with Gasteiger partial charge in [0.2, 0.25) is 5.91 Å². The van der Waals surface area contributed by atoms with Crippen molar-refractivity contribution in [3.63, 3.8) is 0 Å². The quantitative estimate of drug-likeness (QED) is 0.508. The zero-order valence-electron chi connectivity index (χ0n) is 15.3. The van der Waals surface area contributed by atoms with Crippen LogP contribution in [0.25, 0.3) is 11.1 Å². The van der Waals surface area contributed by atoms with Crippen LogP contribution in [0.3, 0.4) is 0 Å². The molecule has 3 aromatic carbocycles. The molecule has 0 heterocycles. The lowest BCUT2D eigenvalue weighted by Gasteiger charge is -2.05. The summed E-state index contributed by atoms with van der Waals surface area (Å²) in [5.74, 6) is 0.361. The Morgan fingerprint density at radius 1 is 0.852 bits per heavy atom. The van der Waals surface area contributed by atoms with Crippen LogP contribution in [0.15, 0.2) is 90.0 Å². The summed E-state index contributed by atoms with van der Waals surface area (Å²) in [6, 6.07) is 28.7. The molecule has 1 saturated carbocycles. The van der Waals surface area contributed by atoms with E-state index >= 15 is 0 Å². The highest BCUT2D eigenvalue weighted by Gasteiger charge is 2.43. The fourth-order valence-corrected chi connectivity index (χ4v) is 3.37. The Morgan fingerprint density at radius 3 is 2.11 bits per heavy atom. The third-order valence-electron chi connectivity index (χ3n) is 5.10. The van der Waals surface area contributed by atoms with Gasteiger partial charge in [0, 0.05) is 5.92 Å². The Hall–Kier alpha value is -3.20. The predicted octanol–water partition coefficient (Wildman–Crippen LogP) is 5.00. The fourth-order valence-electron chi connectivity index (χ4n) is 3.37. The highest BCUT2D eigenvalue weighted by atomic mass is 16.2. The third kappa shape index (κ3) is 3.98. The molecule has 1 amide bonds. The molecule has 0 bridgehead atoms. The molecule has 2 atom stereocenters. The summed E-state index contributed by atoms with van der Waals surface area (Å²) in [6.07, 6.45) is 0.899. The molecule has 0 aromatic heterocycles. The van der Waals surface area contributed by atoms with Gasteiger partial charge in [0.05, 0.1) is 5.71 Å². The zero-order chi connectivity index (χ0) is 18.6. The number of rotatable bonds is 5. The molecule has 1 aliphatic rings. The van der Waals surface area contributed by atoms with Crippen molar-refractivity contribution in [1.82, 2.24) is 5.43 Å². The van der Waals surface area contributed by atoms with E-state index in [4.69, 9.17) is 0 Å². The second-order valence-electron chi connectivity index (χ2n) is 6.98. The summed E-state index contributed by atoms with van der Waals surface area (Å²) >= 11 is 0. The molecule has 4 rings (SSSR count). The SMILES string of the molecule is CC(=NNC(=O)[C@H]1C[C@H]1c1ccccc1)c1ccc(-c2ccccc2)cc1. The van der Waals surface area contributed by atoms with Gasteiger partial charge in [-0.25, -0.2) is 5.43 Å². The molecular formula is C24H22N2O. The average Bonchev–Trinajstić information content (AvgIpc) is 3.54. The molecule has 0 aliphatic heterocycles. The van der Waals surface area contributed by atoms with Crippen molar-refractivity contribution in [3.05, 3.63) is 96.1 Å². The number of hydrogen-bond acceptors (Lipinski definition) is 2. The first-order valence-corrected chi connectivity index (χ1v) is 9.27. The maximum atomic E-state index is 12.3. The van der Waals surface area contributed by atoms with E-state index < -0.39 is 0 Å². The van der Waals surface area contributed by atoms with Crippen LogP contribution in [0.2, 0.25) is 0 Å². The Balaban J connectivity index is 1.38. The maximum absolute atomic E-state index is 12.3. The van der Waals surface area contributed by atoms with E-state index in [1.54, 1.807) is 0 Å². The molecule has 0 spiro atoms. The minimum Gasteiger partial charge on any atom is -0.273 e. The minimum atomic E-state index is 0.00380. The van der Waals surface area contributed by atoms with Gasteiger partial charge in [-0.3, -0.25) is 4.79 Å². The second kappa shape index (κ2) is 7.58. The lowest BCUT2D eigenvalue weighted by atomic mass is 10.0. The molecule has 0 radical (unpaired) electrons. The Bertz CT molecular complexity index is 947. The van der Waals surface area contributed by atoms with E-state index in [-0.39, 0.29) is 11.8 Å². The standard InChI is InChI=1S/C24H22N2O/c1-17(18-12-14-20(15-13-18)19-8-4-2-5-9-19)25-26-24(27)23-16-22(23)21-10-6-3-7-11-21/h2-15,22-23H,16H2,1H3,(H,26,27)/t22-,23-/m0/s1. The largest absolute Gasteiger partial charge is 0.273 e. The van der Waals surface area contributed by atoms with Gasteiger partial charge in [-0.15, -0.1) is 0 Å². The van der Waals surface area contributed by atoms with Crippen molar-refractivity contribution < 1.29 is 4.79 Å². The molecule has 134 valence electrons. The number of benzene rings is 3. The van der Waals surface area contributed by atoms with Gasteiger partial charge in [0.25, 0.3) is 0 Å². The summed E-state index contributed by atoms with van der Waals surface area (Å²) in [4.78, 5) is 12.3. The minimum absolute atomic E-state index is 0.00380. The molecule has 3 aromatic rings. The molecule has 1 aliphatic carbocycles. The summed E-state index contributed by atoms with van der Waals surface area (Å²) in [5, 5.41) is 4.30. The van der Waals surface area contributed by atoms with Crippen LogP contribution in [-0.2, 0) is 4.79 Å². The Kier molecular flexibility index (Phi) is 4.84. The van der Waals surface area contributed by atoms with E-state index in [1.807, 2.05) is 55.5 Å². The van der Waals surface area contributed by atoms with Gasteiger partial charge in [0.15, 0.2) is 0 Å². The number of carbonyl (C=O) groups is 1. The van der Waals surface area contributed by atoms with Crippen LogP contribution in [0, 0.1) is 5.92 Å². The van der Waals surface area contributed by atoms with E-state index in [0.717, 1.165) is 17.7 Å². The van der Waals surface area contributed by atoms with Gasteiger partial charge >= 0.3 is 0 Å². The van der Waals surface area contributed by atoms with Crippen molar-refractivity contribution >= 4 is 11.6 Å². The number of hydrogen-bond donors (Lipinski definition) is 1. The molecule has 0 saturated heterocycles. The van der Waals surface area contributed by atoms with E-state index in [1.165, 1.54) is 16.7 Å². The van der Waals surface area contributed by atoms with Crippen LogP contribution in [0.5, 0.6) is 0 Å². The topological polar surface area (TPSA) is 41.5 Å². The summed E-state index contributed by atoms with van der Waals surface area (Å²) in [5.41, 5.74) is 8.13. The normalized spacial score (nSPS) is 18.8. The number of nitrogens with one attached hydrogen (secondary N) is 1. The average molecular weight is 354 g/mol. The first-order valence-electron chi connectivity index (χ1n) is 9.27. The first kappa shape index (κ1) is 17.2. The van der Waals surface area contributed by atoms with Crippen LogP contribution in [0.4, 0.5) is 0 Å². The molecular weight excluding hydrogens is 332 g/mol. The smallest absolute Gasteiger partial charge is 0.243 e. The second-order valence-corrected chi connectivity index (χ2v) is 6.98. The molecule has 3 heteroatoms. The van der Waals surface area contributed by atoms with Crippen molar-refractivity contribution in [2.75, 3.05) is 0 Å². The summed E-state index contributed by atoms with van der Waals surface area (Å²) in [6.45, 7) is 1.92. The number of amides is 1. The van der Waals surface area contributed by atoms with Crippen LogP contribution in [-0.4, -0.2) is 11.6 Å². The van der Waals surface area contributed by atoms with Gasteiger partial charge in [-0.1, -0.05) is 84.9 Å². The van der Waals surface area contributed by atoms with Gasteiger partial charge in [-0.2, -0.15) is 5.10 Å². The summed E-state index contributed by atoms with van der Waals surface area (Å²) in [7, 11) is 0. The van der Waals surface area contributed by atoms with Gasteiger partial charge in [0.1, 0.15) is 0 Å². The fraction of sp³-hybridized carbons (Fsp3) is 0.167. The van der Waals surface area contributed by atoms with E-state index in [9.17, 15) is 4.79 Å². The van der Waals surface area contributed by atoms with Crippen molar-refractivity contribution in [1.29, 1.82) is 0 Å². The first-order chi connectivity index (χ1) is 13.2. The number of hydrazone groups is 1. The van der Waals surface area contributed by atoms with E-state index in [0.29, 0.717) is 5.92 Å². The molecule has 27 heavy (non-hydrogen) atoms. The van der Waals surface area contributed by atoms with Crippen molar-refractivity contribution in [2.45, 2.75) is 19.3 Å². The van der Waals surface area contributed by atoms with E-state index in [2.05, 4.69) is 46.9 Å². The zero-order valence-corrected chi connectivity index (χ0v) is 15.3. The Labute approximate surface area is 159 Å². The Morgan fingerprint density at radius 2 is 1.44 bits per heavy atom. The molecule has 0 unspecified atom stereocenters. The molecule has 3 nitrogen and oxygen atoms in total. The summed E-state index contributed by atoms with van der Waals surface area (Å²) < 4.78 is 0. The lowest BCUT2D eigenvalue weighted by molar-refractivity contribution is -0.122. The van der Waals surface area contributed by atoms with Crippen molar-refractivity contribution in [3.8, 4) is 11.1 Å². The lowest BCUT2D eigenvalue weighted by Crippen LogP contribution is -2.21. The van der Waals surface area contributed by atoms with Gasteiger partial charge in [-0.05, 0) is 41.5 Å². The highest BCUT2D eigenvalue weighted by molar-refractivity contribution is 5.99.